The van der Waals surface area contributed by atoms with Gasteiger partial charge in [-0.2, -0.15) is 0 Å². The van der Waals surface area contributed by atoms with Crippen LogP contribution in [0.2, 0.25) is 0 Å². The summed E-state index contributed by atoms with van der Waals surface area (Å²) >= 11 is 0. The molecule has 0 bridgehead atoms. The number of carbonyl (C=O) groups is 2. The van der Waals surface area contributed by atoms with Crippen LogP contribution in [0.15, 0.2) is 60.7 Å². The lowest BCUT2D eigenvalue weighted by Crippen LogP contribution is -2.35. The molecule has 1 aliphatic heterocycles. The lowest BCUT2D eigenvalue weighted by atomic mass is 9.94. The van der Waals surface area contributed by atoms with Crippen molar-refractivity contribution in [3.05, 3.63) is 71.8 Å². The Morgan fingerprint density at radius 1 is 1.09 bits per heavy atom. The van der Waals surface area contributed by atoms with E-state index in [4.69, 9.17) is 14.2 Å². The average Bonchev–Trinajstić information content (AvgIpc) is 3.10. The quantitative estimate of drug-likeness (QED) is 0.249. The third kappa shape index (κ3) is 5.07. The van der Waals surface area contributed by atoms with Crippen LogP contribution in [0.4, 0.5) is 0 Å². The van der Waals surface area contributed by atoms with E-state index in [0.29, 0.717) is 41.5 Å². The van der Waals surface area contributed by atoms with Crippen molar-refractivity contribution < 1.29 is 28.9 Å². The number of ether oxygens (including phenoxy) is 3. The average molecular weight is 467 g/mol. The number of rotatable bonds is 10. The molecular weight excluding hydrogens is 436 g/mol. The zero-order valence-corrected chi connectivity index (χ0v) is 19.9. The van der Waals surface area contributed by atoms with Crippen molar-refractivity contribution in [3.8, 4) is 17.2 Å². The van der Waals surface area contributed by atoms with Gasteiger partial charge in [-0.05, 0) is 56.6 Å². The molecule has 2 aromatic carbocycles. The molecule has 1 aliphatic rings. The number of amides is 1. The van der Waals surface area contributed by atoms with Crippen LogP contribution in [-0.2, 0) is 9.59 Å². The Kier molecular flexibility index (Phi) is 7.96. The monoisotopic (exact) mass is 466 g/mol. The van der Waals surface area contributed by atoms with Crippen LogP contribution in [0.5, 0.6) is 17.2 Å². The van der Waals surface area contributed by atoms with E-state index in [0.717, 1.165) is 0 Å². The van der Waals surface area contributed by atoms with Crippen LogP contribution in [-0.4, -0.2) is 74.6 Å². The summed E-state index contributed by atoms with van der Waals surface area (Å²) < 4.78 is 16.4. The molecule has 2 aromatic rings. The third-order valence-electron chi connectivity index (χ3n) is 5.56. The Balaban J connectivity index is 2.16. The normalized spacial score (nSPS) is 17.2. The van der Waals surface area contributed by atoms with Gasteiger partial charge in [0.2, 0.25) is 0 Å². The maximum atomic E-state index is 13.2. The van der Waals surface area contributed by atoms with E-state index < -0.39 is 17.7 Å². The van der Waals surface area contributed by atoms with E-state index in [1.54, 1.807) is 48.5 Å². The molecule has 1 saturated heterocycles. The lowest BCUT2D eigenvalue weighted by Gasteiger charge is -2.28. The molecule has 0 unspecified atom stereocenters. The maximum Gasteiger partial charge on any atom is 0.295 e. The van der Waals surface area contributed by atoms with E-state index in [2.05, 4.69) is 6.58 Å². The SMILES string of the molecule is C=CCOc1ccc(C(O)=C2C(=O)C(=O)N(CCN(C)C)[C@H]2c2cc(OC)ccc2OC)cc1. The molecule has 180 valence electrons. The van der Waals surface area contributed by atoms with Gasteiger partial charge in [0.15, 0.2) is 0 Å². The fourth-order valence-corrected chi connectivity index (χ4v) is 3.81. The van der Waals surface area contributed by atoms with Gasteiger partial charge in [0.05, 0.1) is 25.8 Å². The minimum Gasteiger partial charge on any atom is -0.507 e. The Hall–Kier alpha value is -3.78. The van der Waals surface area contributed by atoms with Crippen LogP contribution >= 0.6 is 0 Å². The van der Waals surface area contributed by atoms with E-state index in [1.165, 1.54) is 19.1 Å². The number of carbonyl (C=O) groups excluding carboxylic acids is 2. The highest BCUT2D eigenvalue weighted by Gasteiger charge is 2.47. The van der Waals surface area contributed by atoms with E-state index in [1.807, 2.05) is 19.0 Å². The van der Waals surface area contributed by atoms with Crippen LogP contribution < -0.4 is 14.2 Å². The zero-order chi connectivity index (χ0) is 24.8. The summed E-state index contributed by atoms with van der Waals surface area (Å²) in [5.41, 5.74) is 0.936. The van der Waals surface area contributed by atoms with Gasteiger partial charge in [-0.3, -0.25) is 9.59 Å². The first-order valence-corrected chi connectivity index (χ1v) is 10.8. The fourth-order valence-electron chi connectivity index (χ4n) is 3.81. The minimum atomic E-state index is -0.846. The van der Waals surface area contributed by atoms with Crippen LogP contribution in [0.25, 0.3) is 5.76 Å². The number of Topliss-reactive ketones (excluding diaryl/α,β-unsaturated/α-hetero) is 1. The highest BCUT2D eigenvalue weighted by molar-refractivity contribution is 6.46. The molecule has 8 nitrogen and oxygen atoms in total. The first kappa shape index (κ1) is 24.9. The number of hydrogen-bond donors (Lipinski definition) is 1. The van der Waals surface area contributed by atoms with Crippen LogP contribution in [0.3, 0.4) is 0 Å². The number of benzene rings is 2. The molecule has 0 saturated carbocycles. The summed E-state index contributed by atoms with van der Waals surface area (Å²) in [5, 5.41) is 11.2. The Morgan fingerprint density at radius 3 is 2.35 bits per heavy atom. The Morgan fingerprint density at radius 2 is 1.76 bits per heavy atom. The number of ketones is 1. The van der Waals surface area contributed by atoms with Gasteiger partial charge in [0.1, 0.15) is 29.6 Å². The molecule has 1 amide bonds. The number of likely N-dealkylation sites (N-methyl/N-ethyl adjacent to an activating group) is 1. The van der Waals surface area contributed by atoms with Crippen molar-refractivity contribution >= 4 is 17.4 Å². The second-order valence-corrected chi connectivity index (χ2v) is 8.03. The molecular formula is C26H30N2O6. The summed E-state index contributed by atoms with van der Waals surface area (Å²) in [6.07, 6.45) is 1.63. The van der Waals surface area contributed by atoms with E-state index in [9.17, 15) is 14.7 Å². The molecule has 1 heterocycles. The molecule has 0 spiro atoms. The highest BCUT2D eigenvalue weighted by atomic mass is 16.5. The largest absolute Gasteiger partial charge is 0.507 e. The third-order valence-corrected chi connectivity index (χ3v) is 5.56. The van der Waals surface area contributed by atoms with Gasteiger partial charge in [0.25, 0.3) is 11.7 Å². The van der Waals surface area contributed by atoms with Crippen LogP contribution in [0.1, 0.15) is 17.2 Å². The van der Waals surface area contributed by atoms with Gasteiger partial charge >= 0.3 is 0 Å². The molecule has 0 aliphatic carbocycles. The molecule has 34 heavy (non-hydrogen) atoms. The van der Waals surface area contributed by atoms with Crippen molar-refractivity contribution in [1.29, 1.82) is 0 Å². The van der Waals surface area contributed by atoms with Gasteiger partial charge in [-0.1, -0.05) is 12.7 Å². The van der Waals surface area contributed by atoms with Crippen molar-refractivity contribution in [2.75, 3.05) is 48.0 Å². The maximum absolute atomic E-state index is 13.2. The zero-order valence-electron chi connectivity index (χ0n) is 19.9. The molecule has 0 radical (unpaired) electrons. The standard InChI is InChI=1S/C26H30N2O6/c1-6-15-34-18-9-7-17(8-10-18)24(29)22-23(20-16-19(32-4)11-12-21(20)33-5)28(14-13-27(2)3)26(31)25(22)30/h6-12,16,23,29H,1,13-15H2,2-5H3/t23-/m0/s1. The predicted molar refractivity (Wildman–Crippen MR) is 129 cm³/mol. The van der Waals surface area contributed by atoms with Crippen molar-refractivity contribution in [2.45, 2.75) is 6.04 Å². The summed E-state index contributed by atoms with van der Waals surface area (Å²) in [6.45, 7) is 4.78. The number of likely N-dealkylation sites (tertiary alicyclic amines) is 1. The number of aliphatic hydroxyl groups is 1. The summed E-state index contributed by atoms with van der Waals surface area (Å²) in [6, 6.07) is 11.0. The van der Waals surface area contributed by atoms with Gasteiger partial charge < -0.3 is 29.1 Å². The minimum absolute atomic E-state index is 0.00457. The van der Waals surface area contributed by atoms with Gasteiger partial charge in [0, 0.05) is 24.2 Å². The number of aliphatic hydroxyl groups excluding tert-OH is 1. The molecule has 1 fully saturated rings. The van der Waals surface area contributed by atoms with Gasteiger partial charge in [-0.25, -0.2) is 0 Å². The molecule has 1 N–H and O–H groups in total. The smallest absolute Gasteiger partial charge is 0.295 e. The highest BCUT2D eigenvalue weighted by Crippen LogP contribution is 2.43. The van der Waals surface area contributed by atoms with Crippen molar-refractivity contribution in [1.82, 2.24) is 9.80 Å². The number of methoxy groups -OCH3 is 2. The van der Waals surface area contributed by atoms with Crippen molar-refractivity contribution in [3.63, 3.8) is 0 Å². The number of nitrogens with zero attached hydrogens (tertiary/aromatic N) is 2. The second kappa shape index (κ2) is 10.9. The lowest BCUT2D eigenvalue weighted by molar-refractivity contribution is -0.140. The molecule has 8 heteroatoms. The van der Waals surface area contributed by atoms with Gasteiger partial charge in [-0.15, -0.1) is 0 Å². The number of hydrogen-bond acceptors (Lipinski definition) is 7. The molecule has 3 rings (SSSR count). The topological polar surface area (TPSA) is 88.5 Å². The second-order valence-electron chi connectivity index (χ2n) is 8.03. The first-order chi connectivity index (χ1) is 16.3. The summed E-state index contributed by atoms with van der Waals surface area (Å²) in [5.74, 6) is -0.0913. The first-order valence-electron chi connectivity index (χ1n) is 10.8. The fraction of sp³-hybridized carbons (Fsp3) is 0.308. The van der Waals surface area contributed by atoms with E-state index in [-0.39, 0.29) is 17.9 Å². The molecule has 1 atom stereocenters. The van der Waals surface area contributed by atoms with Crippen LogP contribution in [0, 0.1) is 0 Å². The molecule has 0 aromatic heterocycles. The van der Waals surface area contributed by atoms with E-state index >= 15 is 0 Å². The summed E-state index contributed by atoms with van der Waals surface area (Å²) in [7, 11) is 6.81. The predicted octanol–water partition coefficient (Wildman–Crippen LogP) is 3.25. The Bertz CT molecular complexity index is 1090. The summed E-state index contributed by atoms with van der Waals surface area (Å²) in [4.78, 5) is 29.7. The Labute approximate surface area is 199 Å². The van der Waals surface area contributed by atoms with Crippen molar-refractivity contribution in [2.24, 2.45) is 0 Å².